The molecule has 1 atom stereocenters. The van der Waals surface area contributed by atoms with Gasteiger partial charge < -0.3 is 10.6 Å². The van der Waals surface area contributed by atoms with Crippen LogP contribution in [-0.4, -0.2) is 25.0 Å². The Hall–Kier alpha value is -3.90. The van der Waals surface area contributed by atoms with E-state index in [4.69, 9.17) is 0 Å². The molecule has 6 heteroatoms. The van der Waals surface area contributed by atoms with Gasteiger partial charge in [0, 0.05) is 30.6 Å². The zero-order chi connectivity index (χ0) is 25.7. The minimum atomic E-state index is -4.40. The Morgan fingerprint density at radius 3 is 2.14 bits per heavy atom. The number of carbonyl (C=O) groups excluding carboxylic acids is 1. The normalized spacial score (nSPS) is 15.1. The summed E-state index contributed by atoms with van der Waals surface area (Å²) >= 11 is 0. The SMILES string of the molecule is CC(NC(=O)c1ccc2c(-c3ccc(C(F)(F)F)cc3)c3cc4ccccc4cc3cc2c1)C1CNC1. The van der Waals surface area contributed by atoms with Crippen LogP contribution in [0.2, 0.25) is 0 Å². The topological polar surface area (TPSA) is 41.1 Å². The third kappa shape index (κ3) is 4.31. The van der Waals surface area contributed by atoms with Gasteiger partial charge in [-0.2, -0.15) is 13.2 Å². The lowest BCUT2D eigenvalue weighted by atomic mass is 9.89. The van der Waals surface area contributed by atoms with Crippen molar-refractivity contribution >= 4 is 38.2 Å². The first-order chi connectivity index (χ1) is 17.8. The average Bonchev–Trinajstić information content (AvgIpc) is 2.84. The van der Waals surface area contributed by atoms with Crippen molar-refractivity contribution in [3.8, 4) is 11.1 Å². The second-order valence-electron chi connectivity index (χ2n) is 9.86. The molecule has 0 radical (unpaired) electrons. The Bertz CT molecular complexity index is 1650. The largest absolute Gasteiger partial charge is 0.416 e. The van der Waals surface area contributed by atoms with Crippen LogP contribution in [0.1, 0.15) is 22.8 Å². The zero-order valence-corrected chi connectivity index (χ0v) is 20.2. The number of amides is 1. The number of hydrogen-bond acceptors (Lipinski definition) is 2. The van der Waals surface area contributed by atoms with E-state index in [-0.39, 0.29) is 11.9 Å². The summed E-state index contributed by atoms with van der Waals surface area (Å²) < 4.78 is 39.7. The number of alkyl halides is 3. The van der Waals surface area contributed by atoms with Gasteiger partial charge in [0.15, 0.2) is 0 Å². The molecule has 0 aliphatic carbocycles. The van der Waals surface area contributed by atoms with E-state index in [0.717, 1.165) is 63.1 Å². The van der Waals surface area contributed by atoms with E-state index in [1.807, 2.05) is 43.3 Å². The molecule has 37 heavy (non-hydrogen) atoms. The van der Waals surface area contributed by atoms with Gasteiger partial charge in [-0.1, -0.05) is 42.5 Å². The molecule has 5 aromatic carbocycles. The van der Waals surface area contributed by atoms with Gasteiger partial charge >= 0.3 is 6.18 Å². The van der Waals surface area contributed by atoms with Crippen LogP contribution in [0.4, 0.5) is 13.2 Å². The molecule has 1 aliphatic heterocycles. The third-order valence-corrected chi connectivity index (χ3v) is 7.46. The molecular formula is C31H25F3N2O. The molecule has 0 aromatic heterocycles. The molecule has 0 bridgehead atoms. The van der Waals surface area contributed by atoms with Crippen molar-refractivity contribution < 1.29 is 18.0 Å². The zero-order valence-electron chi connectivity index (χ0n) is 20.2. The van der Waals surface area contributed by atoms with E-state index >= 15 is 0 Å². The quantitative estimate of drug-likeness (QED) is 0.258. The molecule has 5 aromatic rings. The average molecular weight is 499 g/mol. The fourth-order valence-electron chi connectivity index (χ4n) is 5.17. The third-order valence-electron chi connectivity index (χ3n) is 7.46. The van der Waals surface area contributed by atoms with Crippen LogP contribution in [0.25, 0.3) is 43.4 Å². The van der Waals surface area contributed by atoms with Gasteiger partial charge in [0.05, 0.1) is 5.56 Å². The fourth-order valence-corrected chi connectivity index (χ4v) is 5.17. The van der Waals surface area contributed by atoms with Crippen LogP contribution >= 0.6 is 0 Å². The van der Waals surface area contributed by atoms with Gasteiger partial charge in [0.2, 0.25) is 0 Å². The van der Waals surface area contributed by atoms with Gasteiger partial charge in [-0.3, -0.25) is 4.79 Å². The summed E-state index contributed by atoms with van der Waals surface area (Å²) in [6, 6.07) is 25.2. The van der Waals surface area contributed by atoms with Gasteiger partial charge in [-0.05, 0) is 92.8 Å². The Labute approximate surface area is 212 Å². The Morgan fingerprint density at radius 2 is 1.49 bits per heavy atom. The number of fused-ring (bicyclic) bond motifs is 3. The molecule has 1 amide bonds. The first kappa shape index (κ1) is 23.5. The van der Waals surface area contributed by atoms with Gasteiger partial charge in [-0.15, -0.1) is 0 Å². The number of benzene rings is 5. The molecule has 1 heterocycles. The standard InChI is InChI=1S/C31H25F3N2O/c1-18(25-16-35-17-25)36-30(37)22-8-11-27-23(13-22)14-24-12-20-4-2-3-5-21(20)15-28(24)29(27)19-6-9-26(10-7-19)31(32,33)34/h2-15,18,25,35H,16-17H2,1H3,(H,36,37). The molecule has 3 nitrogen and oxygen atoms in total. The van der Waals surface area contributed by atoms with E-state index in [2.05, 4.69) is 28.8 Å². The van der Waals surface area contributed by atoms with Gasteiger partial charge in [0.1, 0.15) is 0 Å². The second-order valence-corrected chi connectivity index (χ2v) is 9.86. The van der Waals surface area contributed by atoms with Crippen LogP contribution in [0.15, 0.2) is 84.9 Å². The van der Waals surface area contributed by atoms with Crippen molar-refractivity contribution in [2.75, 3.05) is 13.1 Å². The maximum absolute atomic E-state index is 13.2. The van der Waals surface area contributed by atoms with Crippen LogP contribution in [0.3, 0.4) is 0 Å². The maximum atomic E-state index is 13.2. The van der Waals surface area contributed by atoms with Crippen LogP contribution < -0.4 is 10.6 Å². The number of halogens is 3. The van der Waals surface area contributed by atoms with Crippen molar-refractivity contribution in [2.45, 2.75) is 19.1 Å². The number of hydrogen-bond donors (Lipinski definition) is 2. The monoisotopic (exact) mass is 498 g/mol. The van der Waals surface area contributed by atoms with E-state index < -0.39 is 11.7 Å². The molecule has 0 saturated carbocycles. The van der Waals surface area contributed by atoms with Crippen molar-refractivity contribution in [1.82, 2.24) is 10.6 Å². The van der Waals surface area contributed by atoms with Crippen molar-refractivity contribution in [1.29, 1.82) is 0 Å². The number of nitrogens with one attached hydrogen (secondary N) is 2. The Kier molecular flexibility index (Phi) is 5.64. The lowest BCUT2D eigenvalue weighted by Crippen LogP contribution is -2.53. The highest BCUT2D eigenvalue weighted by atomic mass is 19.4. The van der Waals surface area contributed by atoms with E-state index in [1.165, 1.54) is 12.1 Å². The molecule has 2 N–H and O–H groups in total. The van der Waals surface area contributed by atoms with E-state index in [1.54, 1.807) is 6.07 Å². The summed E-state index contributed by atoms with van der Waals surface area (Å²) in [4.78, 5) is 13.0. The summed E-state index contributed by atoms with van der Waals surface area (Å²) in [5.41, 5.74) is 1.43. The molecule has 186 valence electrons. The highest BCUT2D eigenvalue weighted by Gasteiger charge is 2.30. The summed E-state index contributed by atoms with van der Waals surface area (Å²) in [6.07, 6.45) is -4.40. The smallest absolute Gasteiger partial charge is 0.349 e. The molecule has 1 fully saturated rings. The molecule has 6 rings (SSSR count). The summed E-state index contributed by atoms with van der Waals surface area (Å²) in [6.45, 7) is 3.82. The predicted octanol–water partition coefficient (Wildman–Crippen LogP) is 7.17. The highest BCUT2D eigenvalue weighted by molar-refractivity contribution is 6.16. The second kappa shape index (κ2) is 8.89. The first-order valence-corrected chi connectivity index (χ1v) is 12.4. The van der Waals surface area contributed by atoms with Crippen molar-refractivity contribution in [2.24, 2.45) is 5.92 Å². The maximum Gasteiger partial charge on any atom is 0.416 e. The first-order valence-electron chi connectivity index (χ1n) is 12.4. The number of rotatable bonds is 4. The fraction of sp³-hybridized carbons (Fsp3) is 0.194. The molecule has 1 saturated heterocycles. The lowest BCUT2D eigenvalue weighted by molar-refractivity contribution is -0.137. The van der Waals surface area contributed by atoms with Crippen molar-refractivity contribution in [3.63, 3.8) is 0 Å². The Morgan fingerprint density at radius 1 is 0.838 bits per heavy atom. The number of carbonyl (C=O) groups is 1. The minimum absolute atomic E-state index is 0.0649. The Balaban J connectivity index is 1.52. The molecule has 1 unspecified atom stereocenters. The summed E-state index contributed by atoms with van der Waals surface area (Å²) in [5, 5.41) is 12.1. The summed E-state index contributed by atoms with van der Waals surface area (Å²) in [5.74, 6) is 0.295. The van der Waals surface area contributed by atoms with Crippen molar-refractivity contribution in [3.05, 3.63) is 96.1 Å². The lowest BCUT2D eigenvalue weighted by Gasteiger charge is -2.33. The highest BCUT2D eigenvalue weighted by Crippen LogP contribution is 2.40. The van der Waals surface area contributed by atoms with E-state index in [0.29, 0.717) is 17.0 Å². The van der Waals surface area contributed by atoms with Gasteiger partial charge in [-0.25, -0.2) is 0 Å². The predicted molar refractivity (Wildman–Crippen MR) is 143 cm³/mol. The van der Waals surface area contributed by atoms with Gasteiger partial charge in [0.25, 0.3) is 5.91 Å². The van der Waals surface area contributed by atoms with E-state index in [9.17, 15) is 18.0 Å². The van der Waals surface area contributed by atoms with Crippen LogP contribution in [0.5, 0.6) is 0 Å². The molecular weight excluding hydrogens is 473 g/mol. The molecule has 0 spiro atoms. The summed E-state index contributed by atoms with van der Waals surface area (Å²) in [7, 11) is 0. The van der Waals surface area contributed by atoms with Crippen LogP contribution in [0, 0.1) is 5.92 Å². The van der Waals surface area contributed by atoms with Crippen LogP contribution in [-0.2, 0) is 6.18 Å². The minimum Gasteiger partial charge on any atom is -0.349 e. The molecule has 1 aliphatic rings.